The average Bonchev–Trinajstić information content (AvgIpc) is 3.39. The Morgan fingerprint density at radius 3 is 2.51 bits per heavy atom. The van der Waals surface area contributed by atoms with Gasteiger partial charge in [0.1, 0.15) is 12.1 Å². The van der Waals surface area contributed by atoms with Crippen LogP contribution in [0.3, 0.4) is 0 Å². The second kappa shape index (κ2) is 13.6. The van der Waals surface area contributed by atoms with Gasteiger partial charge in [0.25, 0.3) is 5.91 Å². The normalized spacial score (nSPS) is 25.4. The minimum absolute atomic E-state index is 0. The van der Waals surface area contributed by atoms with Gasteiger partial charge in [-0.25, -0.2) is 9.78 Å². The number of carbonyl (C=O) groups excluding carboxylic acids is 3. The highest BCUT2D eigenvalue weighted by atomic mass is 35.5. The Kier molecular flexibility index (Phi) is 10.4. The fourth-order valence-corrected chi connectivity index (χ4v) is 7.36. The van der Waals surface area contributed by atoms with Crippen LogP contribution in [0.15, 0.2) is 35.7 Å². The lowest BCUT2D eigenvalue weighted by molar-refractivity contribution is -0.939. The average molecular weight is 605 g/mol. The summed E-state index contributed by atoms with van der Waals surface area (Å²) in [6.45, 7) is 8.65. The fourth-order valence-electron chi connectivity index (χ4n) is 6.63. The molecule has 41 heavy (non-hydrogen) atoms. The summed E-state index contributed by atoms with van der Waals surface area (Å²) in [5.41, 5.74) is 0.728. The summed E-state index contributed by atoms with van der Waals surface area (Å²) in [6.07, 6.45) is 5.13. The third-order valence-corrected chi connectivity index (χ3v) is 9.74. The third-order valence-electron chi connectivity index (χ3n) is 8.93. The van der Waals surface area contributed by atoms with Crippen molar-refractivity contribution in [2.45, 2.75) is 64.0 Å². The topological polar surface area (TPSA) is 97.8 Å². The van der Waals surface area contributed by atoms with Crippen LogP contribution in [0.4, 0.5) is 5.13 Å². The number of quaternary nitrogens is 1. The van der Waals surface area contributed by atoms with Crippen molar-refractivity contribution in [3.05, 3.63) is 47.0 Å². The Morgan fingerprint density at radius 2 is 1.83 bits per heavy atom. The third kappa shape index (κ3) is 7.10. The summed E-state index contributed by atoms with van der Waals surface area (Å²) in [5, 5.41) is 5.18. The van der Waals surface area contributed by atoms with Gasteiger partial charge in [-0.1, -0.05) is 36.8 Å². The van der Waals surface area contributed by atoms with E-state index >= 15 is 0 Å². The van der Waals surface area contributed by atoms with E-state index in [-0.39, 0.29) is 42.8 Å². The van der Waals surface area contributed by atoms with E-state index in [1.165, 1.54) is 17.8 Å². The fraction of sp³-hybridized carbons (Fsp3) is 0.600. The molecule has 11 heteroatoms. The number of amides is 1. The molecule has 2 atom stereocenters. The number of benzene rings is 1. The number of piperidine rings is 4. The van der Waals surface area contributed by atoms with Gasteiger partial charge in [0.05, 0.1) is 31.8 Å². The first-order valence-corrected chi connectivity index (χ1v) is 15.5. The SMILES string of the molecule is CCOC(=O)Cc1csc(NC(=O)C[N+]23CCC(CC2)[C@@H](OC(=O)[C@](C)(c2ccccc2)N2CCCCC2)C3)n1.[Cl-]. The van der Waals surface area contributed by atoms with Gasteiger partial charge in [0.15, 0.2) is 17.8 Å². The number of anilines is 1. The minimum atomic E-state index is -0.831. The molecule has 2 bridgehead atoms. The van der Waals surface area contributed by atoms with Gasteiger partial charge in [0.2, 0.25) is 0 Å². The number of rotatable bonds is 10. The number of ether oxygens (including phenoxy) is 2. The van der Waals surface area contributed by atoms with Gasteiger partial charge in [-0.2, -0.15) is 0 Å². The van der Waals surface area contributed by atoms with Crippen LogP contribution in [0.5, 0.6) is 0 Å². The number of thiazole rings is 1. The minimum Gasteiger partial charge on any atom is -1.00 e. The van der Waals surface area contributed by atoms with Gasteiger partial charge in [-0.05, 0) is 45.3 Å². The first kappa shape index (κ1) is 31.4. The Morgan fingerprint density at radius 1 is 1.12 bits per heavy atom. The van der Waals surface area contributed by atoms with Crippen molar-refractivity contribution in [3.8, 4) is 0 Å². The van der Waals surface area contributed by atoms with Gasteiger partial charge < -0.3 is 26.4 Å². The highest BCUT2D eigenvalue weighted by Crippen LogP contribution is 2.38. The standard InChI is InChI=1S/C30H40N4O5S.ClH/c1-3-38-27(36)18-24-21-40-29(31-24)32-26(35)20-34-16-12-22(13-17-34)25(19-34)39-28(37)30(2,23-10-6-4-7-11-23)33-14-8-5-9-15-33;/h4,6-7,10-11,21-22,25H,3,5,8-9,12-20H2,1-2H3;1H/t22?,25-,30-,34?;/m0./s1. The number of fused-ring (bicyclic) bond motifs is 3. The number of nitrogens with zero attached hydrogens (tertiary/aromatic N) is 3. The molecule has 0 radical (unpaired) electrons. The number of hydrogen-bond acceptors (Lipinski definition) is 8. The van der Waals surface area contributed by atoms with E-state index in [2.05, 4.69) is 15.2 Å². The summed E-state index contributed by atoms with van der Waals surface area (Å²) in [6, 6.07) is 10.0. The molecule has 5 heterocycles. The monoisotopic (exact) mass is 604 g/mol. The summed E-state index contributed by atoms with van der Waals surface area (Å²) >= 11 is 1.31. The molecule has 4 aliphatic heterocycles. The Balaban J connectivity index is 0.00000387. The lowest BCUT2D eigenvalue weighted by Gasteiger charge is -2.52. The molecule has 1 aromatic carbocycles. The molecule has 9 nitrogen and oxygen atoms in total. The number of halogens is 1. The second-order valence-electron chi connectivity index (χ2n) is 11.6. The van der Waals surface area contributed by atoms with E-state index in [0.29, 0.717) is 40.9 Å². The zero-order valence-corrected chi connectivity index (χ0v) is 25.6. The summed E-state index contributed by atoms with van der Waals surface area (Å²) in [7, 11) is 0. The van der Waals surface area contributed by atoms with Crippen molar-refractivity contribution >= 4 is 34.3 Å². The number of aromatic nitrogens is 1. The Bertz CT molecular complexity index is 1200. The van der Waals surface area contributed by atoms with Crippen molar-refractivity contribution in [2.75, 3.05) is 51.2 Å². The molecule has 4 saturated heterocycles. The molecule has 1 amide bonds. The Labute approximate surface area is 252 Å². The van der Waals surface area contributed by atoms with Crippen LogP contribution in [0.25, 0.3) is 0 Å². The molecule has 1 N–H and O–H groups in total. The molecule has 4 aliphatic rings. The molecule has 2 aromatic rings. The van der Waals surface area contributed by atoms with Crippen molar-refractivity contribution in [2.24, 2.45) is 5.92 Å². The molecule has 0 aliphatic carbocycles. The molecule has 6 rings (SSSR count). The van der Waals surface area contributed by atoms with Gasteiger partial charge in [0, 0.05) is 24.1 Å². The van der Waals surface area contributed by atoms with Crippen LogP contribution < -0.4 is 17.7 Å². The number of likely N-dealkylation sites (tertiary alicyclic amines) is 1. The van der Waals surface area contributed by atoms with Gasteiger partial charge in [-0.15, -0.1) is 11.3 Å². The van der Waals surface area contributed by atoms with E-state index in [1.807, 2.05) is 37.3 Å². The number of hydrogen-bond donors (Lipinski definition) is 1. The quantitative estimate of drug-likeness (QED) is 0.316. The van der Waals surface area contributed by atoms with E-state index in [4.69, 9.17) is 9.47 Å². The van der Waals surface area contributed by atoms with Crippen LogP contribution >= 0.6 is 11.3 Å². The molecule has 0 spiro atoms. The van der Waals surface area contributed by atoms with Crippen LogP contribution in [0, 0.1) is 5.92 Å². The molecular formula is C30H41ClN4O5S. The summed E-state index contributed by atoms with van der Waals surface area (Å²) in [5.74, 6) is -0.286. The molecule has 0 saturated carbocycles. The predicted octanol–water partition coefficient (Wildman–Crippen LogP) is 0.745. The van der Waals surface area contributed by atoms with E-state index in [9.17, 15) is 14.4 Å². The zero-order valence-electron chi connectivity index (χ0n) is 24.0. The van der Waals surface area contributed by atoms with Crippen molar-refractivity contribution in [3.63, 3.8) is 0 Å². The molecular weight excluding hydrogens is 564 g/mol. The van der Waals surface area contributed by atoms with Gasteiger partial charge >= 0.3 is 11.9 Å². The first-order chi connectivity index (χ1) is 19.3. The highest BCUT2D eigenvalue weighted by molar-refractivity contribution is 7.13. The molecule has 1 aromatic heterocycles. The number of carbonyl (C=O) groups is 3. The molecule has 224 valence electrons. The second-order valence-corrected chi connectivity index (χ2v) is 12.4. The van der Waals surface area contributed by atoms with Crippen LogP contribution in [-0.4, -0.2) is 84.2 Å². The number of nitrogens with one attached hydrogen (secondary N) is 1. The largest absolute Gasteiger partial charge is 1.00 e. The predicted molar refractivity (Wildman–Crippen MR) is 153 cm³/mol. The lowest BCUT2D eigenvalue weighted by Crippen LogP contribution is -3.00. The van der Waals surface area contributed by atoms with E-state index in [1.54, 1.807) is 12.3 Å². The smallest absolute Gasteiger partial charge is 0.331 e. The van der Waals surface area contributed by atoms with Crippen LogP contribution in [-0.2, 0) is 35.8 Å². The highest BCUT2D eigenvalue weighted by Gasteiger charge is 2.51. The molecule has 4 fully saturated rings. The summed E-state index contributed by atoms with van der Waals surface area (Å²) < 4.78 is 12.0. The van der Waals surface area contributed by atoms with Crippen LogP contribution in [0.1, 0.15) is 57.2 Å². The first-order valence-electron chi connectivity index (χ1n) is 14.6. The Hall–Kier alpha value is -2.53. The zero-order chi connectivity index (χ0) is 28.2. The molecule has 0 unspecified atom stereocenters. The maximum absolute atomic E-state index is 14.0. The van der Waals surface area contributed by atoms with E-state index in [0.717, 1.165) is 57.4 Å². The lowest BCUT2D eigenvalue weighted by atomic mass is 9.82. The van der Waals surface area contributed by atoms with Crippen molar-refractivity contribution in [1.82, 2.24) is 9.88 Å². The van der Waals surface area contributed by atoms with Gasteiger partial charge in [-0.3, -0.25) is 19.8 Å². The summed E-state index contributed by atoms with van der Waals surface area (Å²) in [4.78, 5) is 45.5. The van der Waals surface area contributed by atoms with Crippen LogP contribution in [0.2, 0.25) is 0 Å². The number of esters is 2. The maximum atomic E-state index is 14.0. The van der Waals surface area contributed by atoms with E-state index < -0.39 is 5.54 Å². The van der Waals surface area contributed by atoms with Crippen molar-refractivity contribution < 1.29 is 40.7 Å². The van der Waals surface area contributed by atoms with Crippen molar-refractivity contribution in [1.29, 1.82) is 0 Å². The maximum Gasteiger partial charge on any atom is 0.331 e.